The molecule has 0 aromatic carbocycles. The number of nitrogens with one attached hydrogen (secondary N) is 2. The molecule has 1 aromatic heterocycles. The number of aryl methyl sites for hydroxylation is 2. The first-order valence-corrected chi connectivity index (χ1v) is 6.18. The molecule has 0 bridgehead atoms. The fraction of sp³-hybridized carbons (Fsp3) is 0.600. The summed E-state index contributed by atoms with van der Waals surface area (Å²) in [6, 6.07) is 0. The van der Waals surface area contributed by atoms with Gasteiger partial charge in [0.1, 0.15) is 0 Å². The topological polar surface area (TPSA) is 67.0 Å². The number of anilines is 1. The van der Waals surface area contributed by atoms with E-state index in [9.17, 15) is 4.79 Å². The van der Waals surface area contributed by atoms with Crippen LogP contribution in [0.4, 0.5) is 5.69 Å². The fourth-order valence-electron chi connectivity index (χ4n) is 1.22. The Hall–Kier alpha value is -1.01. The van der Waals surface area contributed by atoms with Crippen LogP contribution in [-0.4, -0.2) is 41.3 Å². The van der Waals surface area contributed by atoms with E-state index in [2.05, 4.69) is 15.5 Å². The molecule has 6 heteroatoms. The van der Waals surface area contributed by atoms with E-state index in [0.29, 0.717) is 12.4 Å². The highest BCUT2D eigenvalue weighted by Gasteiger charge is 2.09. The summed E-state index contributed by atoms with van der Waals surface area (Å²) in [7, 11) is 1.65. The van der Waals surface area contributed by atoms with Crippen LogP contribution >= 0.6 is 11.8 Å². The molecule has 1 amide bonds. The number of amides is 1. The lowest BCUT2D eigenvalue weighted by molar-refractivity contribution is -0.113. The molecule has 0 unspecified atom stereocenters. The smallest absolute Gasteiger partial charge is 0.234 e. The largest absolute Gasteiger partial charge is 0.384 e. The van der Waals surface area contributed by atoms with Crippen molar-refractivity contribution in [2.45, 2.75) is 13.8 Å². The van der Waals surface area contributed by atoms with Crippen LogP contribution in [0.3, 0.4) is 0 Å². The van der Waals surface area contributed by atoms with Crippen molar-refractivity contribution in [2.75, 3.05) is 30.5 Å². The molecule has 0 aliphatic carbocycles. The quantitative estimate of drug-likeness (QED) is 0.740. The lowest BCUT2D eigenvalue weighted by Crippen LogP contribution is -2.15. The van der Waals surface area contributed by atoms with Crippen molar-refractivity contribution < 1.29 is 9.53 Å². The zero-order valence-electron chi connectivity index (χ0n) is 9.79. The van der Waals surface area contributed by atoms with E-state index in [1.165, 1.54) is 0 Å². The average molecular weight is 243 g/mol. The Balaban J connectivity index is 2.34. The number of H-pyrrole nitrogens is 1. The van der Waals surface area contributed by atoms with Crippen LogP contribution in [0.2, 0.25) is 0 Å². The Bertz CT molecular complexity index is 332. The van der Waals surface area contributed by atoms with E-state index in [-0.39, 0.29) is 5.91 Å². The predicted molar refractivity (Wildman–Crippen MR) is 65.9 cm³/mol. The summed E-state index contributed by atoms with van der Waals surface area (Å²) in [6.07, 6.45) is 0. The van der Waals surface area contributed by atoms with Crippen LogP contribution in [0.1, 0.15) is 11.4 Å². The van der Waals surface area contributed by atoms with Crippen LogP contribution in [0.15, 0.2) is 0 Å². The van der Waals surface area contributed by atoms with E-state index in [0.717, 1.165) is 22.8 Å². The monoisotopic (exact) mass is 243 g/mol. The summed E-state index contributed by atoms with van der Waals surface area (Å²) in [5.74, 6) is 1.26. The number of hydrogen-bond acceptors (Lipinski definition) is 4. The molecule has 0 radical (unpaired) electrons. The zero-order chi connectivity index (χ0) is 12.0. The molecule has 0 aliphatic rings. The Labute approximate surface area is 99.3 Å². The highest BCUT2D eigenvalue weighted by Crippen LogP contribution is 2.16. The number of nitrogens with zero attached hydrogens (tertiary/aromatic N) is 1. The second-order valence-electron chi connectivity index (χ2n) is 3.40. The van der Waals surface area contributed by atoms with Gasteiger partial charge in [0.2, 0.25) is 5.91 Å². The van der Waals surface area contributed by atoms with E-state index in [1.54, 1.807) is 18.9 Å². The second-order valence-corrected chi connectivity index (χ2v) is 4.51. The first-order valence-electron chi connectivity index (χ1n) is 5.03. The van der Waals surface area contributed by atoms with Crippen LogP contribution < -0.4 is 5.32 Å². The van der Waals surface area contributed by atoms with Gasteiger partial charge >= 0.3 is 0 Å². The van der Waals surface area contributed by atoms with Gasteiger partial charge in [0.05, 0.1) is 29.4 Å². The molecule has 90 valence electrons. The lowest BCUT2D eigenvalue weighted by Gasteiger charge is -2.04. The minimum Gasteiger partial charge on any atom is -0.384 e. The van der Waals surface area contributed by atoms with Gasteiger partial charge in [0, 0.05) is 12.9 Å². The lowest BCUT2D eigenvalue weighted by atomic mass is 10.3. The molecule has 1 aromatic rings. The van der Waals surface area contributed by atoms with Crippen molar-refractivity contribution in [1.82, 2.24) is 10.2 Å². The Morgan fingerprint density at radius 1 is 1.56 bits per heavy atom. The molecule has 0 fully saturated rings. The SMILES string of the molecule is COCCSCC(=O)Nc1c(C)n[nH]c1C. The molecular formula is C10H17N3O2S. The summed E-state index contributed by atoms with van der Waals surface area (Å²) >= 11 is 1.55. The number of methoxy groups -OCH3 is 1. The van der Waals surface area contributed by atoms with Crippen molar-refractivity contribution in [2.24, 2.45) is 0 Å². The van der Waals surface area contributed by atoms with Crippen molar-refractivity contribution >= 4 is 23.4 Å². The normalized spacial score (nSPS) is 10.4. The number of aromatic nitrogens is 2. The number of carbonyl (C=O) groups excluding carboxylic acids is 1. The van der Waals surface area contributed by atoms with Crippen LogP contribution in [0, 0.1) is 13.8 Å². The standard InChI is InChI=1S/C10H17N3O2S/c1-7-10(8(2)13-12-7)11-9(14)6-16-5-4-15-3/h4-6H2,1-3H3,(H,11,14)(H,12,13). The number of aromatic amines is 1. The Kier molecular flexibility index (Phi) is 5.34. The molecule has 5 nitrogen and oxygen atoms in total. The maximum Gasteiger partial charge on any atom is 0.234 e. The van der Waals surface area contributed by atoms with Crippen LogP contribution in [0.25, 0.3) is 0 Å². The third-order valence-corrected chi connectivity index (χ3v) is 2.98. The predicted octanol–water partition coefficient (Wildman–Crippen LogP) is 1.34. The maximum atomic E-state index is 11.6. The van der Waals surface area contributed by atoms with Crippen molar-refractivity contribution in [3.63, 3.8) is 0 Å². The van der Waals surface area contributed by atoms with E-state index < -0.39 is 0 Å². The van der Waals surface area contributed by atoms with Gasteiger partial charge in [-0.25, -0.2) is 0 Å². The highest BCUT2D eigenvalue weighted by atomic mass is 32.2. The minimum absolute atomic E-state index is 0.00583. The Morgan fingerprint density at radius 3 is 2.88 bits per heavy atom. The van der Waals surface area contributed by atoms with Gasteiger partial charge in [0.15, 0.2) is 0 Å². The van der Waals surface area contributed by atoms with E-state index >= 15 is 0 Å². The molecule has 1 rings (SSSR count). The van der Waals surface area contributed by atoms with E-state index in [1.807, 2.05) is 13.8 Å². The molecule has 1 heterocycles. The summed E-state index contributed by atoms with van der Waals surface area (Å²) in [5, 5.41) is 9.68. The first kappa shape index (κ1) is 13.1. The maximum absolute atomic E-state index is 11.6. The van der Waals surface area contributed by atoms with Gasteiger partial charge in [-0.05, 0) is 13.8 Å². The zero-order valence-corrected chi connectivity index (χ0v) is 10.6. The van der Waals surface area contributed by atoms with Gasteiger partial charge in [-0.15, -0.1) is 11.8 Å². The third kappa shape index (κ3) is 3.86. The summed E-state index contributed by atoms with van der Waals surface area (Å²) in [4.78, 5) is 11.6. The average Bonchev–Trinajstić information content (AvgIpc) is 2.56. The third-order valence-electron chi connectivity index (χ3n) is 2.06. The summed E-state index contributed by atoms with van der Waals surface area (Å²) in [6.45, 7) is 4.41. The number of ether oxygens (including phenoxy) is 1. The van der Waals surface area contributed by atoms with Crippen LogP contribution in [0.5, 0.6) is 0 Å². The van der Waals surface area contributed by atoms with Crippen molar-refractivity contribution in [3.05, 3.63) is 11.4 Å². The molecule has 0 saturated heterocycles. The molecule has 0 aliphatic heterocycles. The number of carbonyl (C=O) groups is 1. The molecule has 0 atom stereocenters. The van der Waals surface area contributed by atoms with Gasteiger partial charge in [-0.3, -0.25) is 9.89 Å². The fourth-order valence-corrected chi connectivity index (χ4v) is 1.90. The highest BCUT2D eigenvalue weighted by molar-refractivity contribution is 7.99. The van der Waals surface area contributed by atoms with E-state index in [4.69, 9.17) is 4.74 Å². The summed E-state index contributed by atoms with van der Waals surface area (Å²) < 4.78 is 4.90. The van der Waals surface area contributed by atoms with Gasteiger partial charge in [-0.2, -0.15) is 5.10 Å². The number of hydrogen-bond donors (Lipinski definition) is 2. The van der Waals surface area contributed by atoms with Crippen molar-refractivity contribution in [1.29, 1.82) is 0 Å². The molecule has 16 heavy (non-hydrogen) atoms. The number of thioether (sulfide) groups is 1. The van der Waals surface area contributed by atoms with Gasteiger partial charge in [0.25, 0.3) is 0 Å². The minimum atomic E-state index is -0.00583. The molecule has 2 N–H and O–H groups in total. The molecule has 0 spiro atoms. The Morgan fingerprint density at radius 2 is 2.31 bits per heavy atom. The second kappa shape index (κ2) is 6.55. The first-order chi connectivity index (χ1) is 7.65. The van der Waals surface area contributed by atoms with Gasteiger partial charge < -0.3 is 10.1 Å². The number of rotatable bonds is 6. The molecule has 0 saturated carbocycles. The van der Waals surface area contributed by atoms with Crippen molar-refractivity contribution in [3.8, 4) is 0 Å². The van der Waals surface area contributed by atoms with Gasteiger partial charge in [-0.1, -0.05) is 0 Å². The van der Waals surface area contributed by atoms with Crippen LogP contribution in [-0.2, 0) is 9.53 Å². The summed E-state index contributed by atoms with van der Waals surface area (Å²) in [5.41, 5.74) is 2.48. The molecular weight excluding hydrogens is 226 g/mol.